The van der Waals surface area contributed by atoms with E-state index in [-0.39, 0.29) is 19.0 Å². The molecule has 0 aliphatic rings. The van der Waals surface area contributed by atoms with Gasteiger partial charge in [-0.1, -0.05) is 19.9 Å². The van der Waals surface area contributed by atoms with E-state index in [1.54, 1.807) is 31.4 Å². The van der Waals surface area contributed by atoms with Crippen molar-refractivity contribution in [2.45, 2.75) is 27.2 Å². The van der Waals surface area contributed by atoms with Crippen LogP contribution >= 0.6 is 0 Å². The van der Waals surface area contributed by atoms with E-state index >= 15 is 0 Å². The van der Waals surface area contributed by atoms with Crippen LogP contribution in [-0.4, -0.2) is 51.1 Å². The van der Waals surface area contributed by atoms with E-state index in [2.05, 4.69) is 29.8 Å². The molecule has 0 bridgehead atoms. The molecular weight excluding hydrogens is 348 g/mol. The van der Waals surface area contributed by atoms with Crippen molar-refractivity contribution in [3.05, 3.63) is 24.3 Å². The Labute approximate surface area is 160 Å². The van der Waals surface area contributed by atoms with Gasteiger partial charge in [-0.05, 0) is 31.4 Å². The van der Waals surface area contributed by atoms with Gasteiger partial charge in [-0.25, -0.2) is 4.79 Å². The first-order chi connectivity index (χ1) is 12.8. The Morgan fingerprint density at radius 2 is 1.85 bits per heavy atom. The van der Waals surface area contributed by atoms with Crippen molar-refractivity contribution in [2.24, 2.45) is 5.92 Å². The number of methoxy groups -OCH3 is 1. The zero-order valence-corrected chi connectivity index (χ0v) is 16.6. The SMILES string of the molecule is CC[NH+](CC(=O)NC(=O)NCCC(C)C)CC(=O)Nc1cccc(OC)c1. The summed E-state index contributed by atoms with van der Waals surface area (Å²) in [4.78, 5) is 36.6. The third-order valence-electron chi connectivity index (χ3n) is 3.93. The highest BCUT2D eigenvalue weighted by Gasteiger charge is 2.18. The summed E-state index contributed by atoms with van der Waals surface area (Å²) in [6.07, 6.45) is 0.846. The third kappa shape index (κ3) is 9.60. The number of quaternary nitrogens is 1. The van der Waals surface area contributed by atoms with Crippen molar-refractivity contribution < 1.29 is 24.0 Å². The number of anilines is 1. The molecule has 1 aromatic carbocycles. The van der Waals surface area contributed by atoms with Crippen LogP contribution in [0.3, 0.4) is 0 Å². The lowest BCUT2D eigenvalue weighted by Crippen LogP contribution is -3.14. The van der Waals surface area contributed by atoms with Crippen LogP contribution in [0.5, 0.6) is 5.75 Å². The molecule has 8 heteroatoms. The molecule has 0 heterocycles. The summed E-state index contributed by atoms with van der Waals surface area (Å²) in [5.41, 5.74) is 0.629. The maximum atomic E-state index is 12.2. The van der Waals surface area contributed by atoms with Crippen LogP contribution in [0.1, 0.15) is 27.2 Å². The Bertz CT molecular complexity index is 634. The Morgan fingerprint density at radius 1 is 1.15 bits per heavy atom. The number of carbonyl (C=O) groups excluding carboxylic acids is 3. The lowest BCUT2D eigenvalue weighted by Gasteiger charge is -2.17. The molecule has 0 saturated carbocycles. The Morgan fingerprint density at radius 3 is 2.48 bits per heavy atom. The van der Waals surface area contributed by atoms with Crippen molar-refractivity contribution in [3.8, 4) is 5.75 Å². The second-order valence-electron chi connectivity index (χ2n) is 6.72. The zero-order chi connectivity index (χ0) is 20.2. The number of carbonyl (C=O) groups is 3. The fourth-order valence-corrected chi connectivity index (χ4v) is 2.36. The van der Waals surface area contributed by atoms with E-state index in [0.717, 1.165) is 11.3 Å². The molecule has 8 nitrogen and oxygen atoms in total. The van der Waals surface area contributed by atoms with Crippen LogP contribution in [0.2, 0.25) is 0 Å². The normalized spacial score (nSPS) is 11.6. The minimum Gasteiger partial charge on any atom is -0.497 e. The smallest absolute Gasteiger partial charge is 0.321 e. The average molecular weight is 379 g/mol. The van der Waals surface area contributed by atoms with Crippen molar-refractivity contribution in [3.63, 3.8) is 0 Å². The number of hydrogen-bond acceptors (Lipinski definition) is 4. The van der Waals surface area contributed by atoms with Crippen molar-refractivity contribution in [1.82, 2.24) is 10.6 Å². The standard InChI is InChI=1S/C19H30N4O4/c1-5-23(13-18(25)22-19(26)20-10-9-14(2)3)12-17(24)21-15-7-6-8-16(11-15)27-4/h6-8,11,14H,5,9-10,12-13H2,1-4H3,(H,21,24)(H2,20,22,25,26)/p+1. The Kier molecular flexibility index (Phi) is 9.89. The van der Waals surface area contributed by atoms with Crippen LogP contribution in [0, 0.1) is 5.92 Å². The number of benzene rings is 1. The Hall–Kier alpha value is -2.61. The highest BCUT2D eigenvalue weighted by Crippen LogP contribution is 2.16. The van der Waals surface area contributed by atoms with E-state index in [1.165, 1.54) is 0 Å². The summed E-state index contributed by atoms with van der Waals surface area (Å²) in [6.45, 7) is 7.26. The van der Waals surface area contributed by atoms with Crippen LogP contribution in [-0.2, 0) is 9.59 Å². The molecule has 0 radical (unpaired) electrons. The first kappa shape index (κ1) is 22.4. The van der Waals surface area contributed by atoms with Gasteiger partial charge in [-0.2, -0.15) is 0 Å². The second kappa shape index (κ2) is 11.9. The summed E-state index contributed by atoms with van der Waals surface area (Å²) >= 11 is 0. The van der Waals surface area contributed by atoms with Gasteiger partial charge >= 0.3 is 6.03 Å². The molecular formula is C19H31N4O4+. The summed E-state index contributed by atoms with van der Waals surface area (Å²) in [6, 6.07) is 6.55. The molecule has 4 amide bonds. The molecule has 0 fully saturated rings. The maximum absolute atomic E-state index is 12.2. The summed E-state index contributed by atoms with van der Waals surface area (Å²) in [7, 11) is 1.56. The fourth-order valence-electron chi connectivity index (χ4n) is 2.36. The van der Waals surface area contributed by atoms with Gasteiger partial charge in [0.15, 0.2) is 13.1 Å². The monoisotopic (exact) mass is 379 g/mol. The lowest BCUT2D eigenvalue weighted by atomic mass is 10.1. The number of urea groups is 1. The largest absolute Gasteiger partial charge is 0.497 e. The number of imide groups is 1. The first-order valence-electron chi connectivity index (χ1n) is 9.19. The predicted octanol–water partition coefficient (Wildman–Crippen LogP) is 0.410. The number of amides is 4. The van der Waals surface area contributed by atoms with Crippen molar-refractivity contribution in [2.75, 3.05) is 38.6 Å². The number of rotatable bonds is 10. The molecule has 150 valence electrons. The van der Waals surface area contributed by atoms with Crippen molar-refractivity contribution in [1.29, 1.82) is 0 Å². The number of ether oxygens (including phenoxy) is 1. The van der Waals surface area contributed by atoms with E-state index < -0.39 is 11.9 Å². The van der Waals surface area contributed by atoms with E-state index in [4.69, 9.17) is 4.74 Å². The highest BCUT2D eigenvalue weighted by molar-refractivity contribution is 5.95. The highest BCUT2D eigenvalue weighted by atomic mass is 16.5. The van der Waals surface area contributed by atoms with E-state index in [0.29, 0.717) is 30.4 Å². The fraction of sp³-hybridized carbons (Fsp3) is 0.526. The average Bonchev–Trinajstić information content (AvgIpc) is 2.60. The van der Waals surface area contributed by atoms with E-state index in [1.807, 2.05) is 6.92 Å². The summed E-state index contributed by atoms with van der Waals surface area (Å²) in [5, 5.41) is 7.73. The molecule has 27 heavy (non-hydrogen) atoms. The molecule has 0 saturated heterocycles. The molecule has 1 unspecified atom stereocenters. The quantitative estimate of drug-likeness (QED) is 0.473. The zero-order valence-electron chi connectivity index (χ0n) is 16.6. The molecule has 4 N–H and O–H groups in total. The van der Waals surface area contributed by atoms with Gasteiger partial charge in [0.2, 0.25) is 0 Å². The van der Waals surface area contributed by atoms with Gasteiger partial charge in [-0.15, -0.1) is 0 Å². The molecule has 1 rings (SSSR count). The predicted molar refractivity (Wildman–Crippen MR) is 104 cm³/mol. The van der Waals surface area contributed by atoms with E-state index in [9.17, 15) is 14.4 Å². The molecule has 1 aromatic rings. The summed E-state index contributed by atoms with van der Waals surface area (Å²) in [5.74, 6) is 0.497. The molecule has 0 aromatic heterocycles. The number of hydrogen-bond donors (Lipinski definition) is 4. The van der Waals surface area contributed by atoms with Gasteiger partial charge in [-0.3, -0.25) is 14.9 Å². The third-order valence-corrected chi connectivity index (χ3v) is 3.93. The lowest BCUT2D eigenvalue weighted by molar-refractivity contribution is -0.881. The van der Waals surface area contributed by atoms with Crippen LogP contribution < -0.4 is 25.6 Å². The Balaban J connectivity index is 2.42. The molecule has 1 atom stereocenters. The minimum absolute atomic E-state index is 0.0413. The van der Waals surface area contributed by atoms with Gasteiger partial charge in [0.05, 0.1) is 13.7 Å². The second-order valence-corrected chi connectivity index (χ2v) is 6.72. The molecule has 0 aliphatic heterocycles. The van der Waals surface area contributed by atoms with Gasteiger partial charge in [0.1, 0.15) is 5.75 Å². The van der Waals surface area contributed by atoms with Crippen molar-refractivity contribution >= 4 is 23.5 Å². The molecule has 0 aliphatic carbocycles. The number of nitrogens with one attached hydrogen (secondary N) is 4. The van der Waals surface area contributed by atoms with Gasteiger partial charge in [0, 0.05) is 18.3 Å². The minimum atomic E-state index is -0.503. The number of likely N-dealkylation sites (N-methyl/N-ethyl adjacent to an activating group) is 1. The van der Waals surface area contributed by atoms with Crippen LogP contribution in [0.4, 0.5) is 10.5 Å². The van der Waals surface area contributed by atoms with Crippen LogP contribution in [0.15, 0.2) is 24.3 Å². The van der Waals surface area contributed by atoms with Crippen LogP contribution in [0.25, 0.3) is 0 Å². The van der Waals surface area contributed by atoms with Gasteiger partial charge < -0.3 is 20.3 Å². The maximum Gasteiger partial charge on any atom is 0.321 e. The van der Waals surface area contributed by atoms with Gasteiger partial charge in [0.25, 0.3) is 11.8 Å². The first-order valence-corrected chi connectivity index (χ1v) is 9.19. The molecule has 0 spiro atoms. The summed E-state index contributed by atoms with van der Waals surface area (Å²) < 4.78 is 5.12. The topological polar surface area (TPSA) is 101 Å².